The van der Waals surface area contributed by atoms with E-state index in [1.165, 1.54) is 4.68 Å². The van der Waals surface area contributed by atoms with Crippen LogP contribution in [0.2, 0.25) is 0 Å². The SMILES string of the molecule is CCN1C(=O)c2c(O)c(=O)c(C(=O)NCc3c(F)cc(F)cc3F)cn2N2CCC[C@@H]12. The lowest BCUT2D eigenvalue weighted by Crippen LogP contribution is -2.58. The van der Waals surface area contributed by atoms with Crippen molar-refractivity contribution in [3.8, 4) is 5.75 Å². The summed E-state index contributed by atoms with van der Waals surface area (Å²) in [5, 5.41) is 14.4. The summed E-state index contributed by atoms with van der Waals surface area (Å²) in [7, 11) is 0. The molecule has 0 saturated carbocycles. The summed E-state index contributed by atoms with van der Waals surface area (Å²) in [6, 6.07) is 0.950. The van der Waals surface area contributed by atoms with E-state index in [-0.39, 0.29) is 11.9 Å². The van der Waals surface area contributed by atoms with Gasteiger partial charge in [0.25, 0.3) is 11.8 Å². The fourth-order valence-corrected chi connectivity index (χ4v) is 4.09. The van der Waals surface area contributed by atoms with Gasteiger partial charge < -0.3 is 15.3 Å². The molecule has 2 amide bonds. The number of aromatic nitrogens is 1. The van der Waals surface area contributed by atoms with E-state index in [2.05, 4.69) is 5.32 Å². The molecule has 1 aromatic carbocycles. The Morgan fingerprint density at radius 1 is 1.23 bits per heavy atom. The summed E-state index contributed by atoms with van der Waals surface area (Å²) in [6.45, 7) is 2.06. The van der Waals surface area contributed by atoms with E-state index in [1.807, 2.05) is 0 Å². The molecule has 2 aromatic rings. The summed E-state index contributed by atoms with van der Waals surface area (Å²) in [6.07, 6.45) is 2.33. The Kier molecular flexibility index (Phi) is 5.11. The Morgan fingerprint density at radius 3 is 2.55 bits per heavy atom. The number of pyridine rings is 1. The third-order valence-electron chi connectivity index (χ3n) is 5.57. The largest absolute Gasteiger partial charge is 0.502 e. The van der Waals surface area contributed by atoms with Gasteiger partial charge in [-0.3, -0.25) is 24.1 Å². The Bertz CT molecular complexity index is 1130. The molecular formula is C20H19F3N4O4. The number of carbonyl (C=O) groups is 2. The van der Waals surface area contributed by atoms with E-state index in [0.717, 1.165) is 12.6 Å². The fraction of sp³-hybridized carbons (Fsp3) is 0.350. The van der Waals surface area contributed by atoms with Gasteiger partial charge in [-0.15, -0.1) is 0 Å². The van der Waals surface area contributed by atoms with Gasteiger partial charge in [-0.05, 0) is 19.8 Å². The van der Waals surface area contributed by atoms with Crippen LogP contribution >= 0.6 is 0 Å². The molecule has 2 N–H and O–H groups in total. The van der Waals surface area contributed by atoms with Crippen LogP contribution in [0.15, 0.2) is 23.1 Å². The van der Waals surface area contributed by atoms with Gasteiger partial charge in [0.15, 0.2) is 11.4 Å². The molecule has 164 valence electrons. The van der Waals surface area contributed by atoms with E-state index >= 15 is 0 Å². The van der Waals surface area contributed by atoms with Crippen LogP contribution in [-0.2, 0) is 6.54 Å². The molecule has 8 nitrogen and oxygen atoms in total. The van der Waals surface area contributed by atoms with E-state index in [9.17, 15) is 32.7 Å². The van der Waals surface area contributed by atoms with Gasteiger partial charge in [-0.25, -0.2) is 13.2 Å². The standard InChI is InChI=1S/C20H19F3N4O4/c1-2-25-15-4-3-5-26(15)27-9-12(17(28)18(29)16(27)20(25)31)19(30)24-8-11-13(22)6-10(21)7-14(11)23/h6-7,9,15,29H,2-5,8H2,1H3,(H,24,30)/t15-/m0/s1. The van der Waals surface area contributed by atoms with Gasteiger partial charge in [0.05, 0.1) is 0 Å². The van der Waals surface area contributed by atoms with Crippen LogP contribution in [0.3, 0.4) is 0 Å². The normalized spacial score (nSPS) is 17.5. The maximum absolute atomic E-state index is 13.8. The number of hydrogen-bond acceptors (Lipinski definition) is 5. The van der Waals surface area contributed by atoms with Crippen molar-refractivity contribution in [1.82, 2.24) is 14.9 Å². The average molecular weight is 436 g/mol. The van der Waals surface area contributed by atoms with E-state index < -0.39 is 58.1 Å². The first-order valence-corrected chi connectivity index (χ1v) is 9.72. The minimum Gasteiger partial charge on any atom is -0.502 e. The minimum atomic E-state index is -1.19. The Labute approximate surface area is 174 Å². The molecule has 1 saturated heterocycles. The van der Waals surface area contributed by atoms with Crippen molar-refractivity contribution in [2.24, 2.45) is 0 Å². The monoisotopic (exact) mass is 436 g/mol. The zero-order valence-electron chi connectivity index (χ0n) is 16.5. The van der Waals surface area contributed by atoms with Crippen LogP contribution in [0.1, 0.15) is 46.2 Å². The highest BCUT2D eigenvalue weighted by atomic mass is 19.1. The number of amides is 2. The second kappa shape index (κ2) is 7.64. The number of fused-ring (bicyclic) bond motifs is 3. The van der Waals surface area contributed by atoms with Crippen LogP contribution in [0, 0.1) is 17.5 Å². The number of nitrogens with zero attached hydrogens (tertiary/aromatic N) is 3. The maximum Gasteiger partial charge on any atom is 0.278 e. The van der Waals surface area contributed by atoms with Crippen molar-refractivity contribution in [1.29, 1.82) is 0 Å². The highest BCUT2D eigenvalue weighted by molar-refractivity contribution is 5.99. The molecule has 1 fully saturated rings. The van der Waals surface area contributed by atoms with Crippen molar-refractivity contribution >= 4 is 11.8 Å². The van der Waals surface area contributed by atoms with Crippen molar-refractivity contribution in [3.63, 3.8) is 0 Å². The quantitative estimate of drug-likeness (QED) is 0.757. The van der Waals surface area contributed by atoms with Crippen LogP contribution in [-0.4, -0.2) is 45.8 Å². The number of halogens is 3. The van der Waals surface area contributed by atoms with Crippen LogP contribution in [0.4, 0.5) is 13.2 Å². The summed E-state index contributed by atoms with van der Waals surface area (Å²) in [5.41, 5.74) is -2.39. The molecule has 0 bridgehead atoms. The molecule has 4 rings (SSSR count). The smallest absolute Gasteiger partial charge is 0.278 e. The second-order valence-corrected chi connectivity index (χ2v) is 7.32. The van der Waals surface area contributed by atoms with Gasteiger partial charge in [0.2, 0.25) is 5.43 Å². The number of hydrogen-bond donors (Lipinski definition) is 2. The first kappa shape index (κ1) is 20.8. The summed E-state index contributed by atoms with van der Waals surface area (Å²) in [4.78, 5) is 39.6. The van der Waals surface area contributed by atoms with Gasteiger partial charge >= 0.3 is 0 Å². The molecular weight excluding hydrogens is 417 g/mol. The van der Waals surface area contributed by atoms with Crippen molar-refractivity contribution in [2.75, 3.05) is 18.1 Å². The molecule has 0 aliphatic carbocycles. The number of rotatable bonds is 4. The van der Waals surface area contributed by atoms with E-state index in [0.29, 0.717) is 31.6 Å². The van der Waals surface area contributed by atoms with E-state index in [1.54, 1.807) is 16.8 Å². The zero-order valence-corrected chi connectivity index (χ0v) is 16.5. The highest BCUT2D eigenvalue weighted by Crippen LogP contribution is 2.30. The zero-order chi connectivity index (χ0) is 22.4. The Morgan fingerprint density at radius 2 is 1.90 bits per heavy atom. The average Bonchev–Trinajstić information content (AvgIpc) is 3.19. The molecule has 0 spiro atoms. The van der Waals surface area contributed by atoms with Gasteiger partial charge in [-0.1, -0.05) is 0 Å². The van der Waals surface area contributed by atoms with Crippen LogP contribution < -0.4 is 15.8 Å². The minimum absolute atomic E-state index is 0.239. The summed E-state index contributed by atoms with van der Waals surface area (Å²) >= 11 is 0. The highest BCUT2D eigenvalue weighted by Gasteiger charge is 2.42. The van der Waals surface area contributed by atoms with Crippen molar-refractivity contribution < 1.29 is 27.9 Å². The summed E-state index contributed by atoms with van der Waals surface area (Å²) in [5.74, 6) is -5.88. The Balaban J connectivity index is 1.69. The van der Waals surface area contributed by atoms with Gasteiger partial charge in [0, 0.05) is 43.5 Å². The first-order chi connectivity index (χ1) is 14.7. The third-order valence-corrected chi connectivity index (χ3v) is 5.57. The lowest BCUT2D eigenvalue weighted by atomic mass is 10.1. The van der Waals surface area contributed by atoms with Gasteiger partial charge in [0.1, 0.15) is 29.2 Å². The number of nitrogens with one attached hydrogen (secondary N) is 1. The molecule has 3 heterocycles. The second-order valence-electron chi connectivity index (χ2n) is 7.32. The molecule has 31 heavy (non-hydrogen) atoms. The molecule has 2 aliphatic heterocycles. The molecule has 2 aliphatic rings. The first-order valence-electron chi connectivity index (χ1n) is 9.72. The Hall–Kier alpha value is -3.50. The molecule has 0 radical (unpaired) electrons. The molecule has 11 heteroatoms. The summed E-state index contributed by atoms with van der Waals surface area (Å²) < 4.78 is 42.0. The van der Waals surface area contributed by atoms with Crippen LogP contribution in [0.25, 0.3) is 0 Å². The van der Waals surface area contributed by atoms with Gasteiger partial charge in [-0.2, -0.15) is 0 Å². The molecule has 0 unspecified atom stereocenters. The fourth-order valence-electron chi connectivity index (χ4n) is 4.09. The maximum atomic E-state index is 13.8. The van der Waals surface area contributed by atoms with E-state index in [4.69, 9.17) is 0 Å². The molecule has 1 atom stereocenters. The lowest BCUT2D eigenvalue weighted by Gasteiger charge is -2.42. The third kappa shape index (κ3) is 3.29. The predicted molar refractivity (Wildman–Crippen MR) is 103 cm³/mol. The number of benzene rings is 1. The molecule has 1 aromatic heterocycles. The number of carbonyl (C=O) groups excluding carboxylic acids is 2. The predicted octanol–water partition coefficient (Wildman–Crippen LogP) is 1.43. The topological polar surface area (TPSA) is 94.9 Å². The lowest BCUT2D eigenvalue weighted by molar-refractivity contribution is 0.0606. The number of aromatic hydroxyl groups is 1. The van der Waals surface area contributed by atoms with Crippen molar-refractivity contribution in [3.05, 3.63) is 62.8 Å². The van der Waals surface area contributed by atoms with Crippen molar-refractivity contribution in [2.45, 2.75) is 32.5 Å². The van der Waals surface area contributed by atoms with Crippen LogP contribution in [0.5, 0.6) is 5.75 Å².